The van der Waals surface area contributed by atoms with Crippen LogP contribution in [0.3, 0.4) is 0 Å². The van der Waals surface area contributed by atoms with Crippen LogP contribution in [-0.2, 0) is 16.0 Å². The summed E-state index contributed by atoms with van der Waals surface area (Å²) < 4.78 is 12.7. The van der Waals surface area contributed by atoms with Gasteiger partial charge in [0, 0.05) is 6.54 Å². The number of carbonyl (C=O) groups excluding carboxylic acids is 2. The molecule has 6 nitrogen and oxygen atoms in total. The molecule has 1 aromatic carbocycles. The minimum atomic E-state index is -0.787. The van der Waals surface area contributed by atoms with Crippen LogP contribution < -0.4 is 10.6 Å². The Hall–Kier alpha value is -2.35. The Bertz CT molecular complexity index is 642. The molecule has 0 atom stereocenters. The van der Waals surface area contributed by atoms with Crippen molar-refractivity contribution >= 4 is 28.3 Å². The lowest BCUT2D eigenvalue weighted by atomic mass is 10.1. The van der Waals surface area contributed by atoms with E-state index < -0.39 is 11.8 Å². The van der Waals surface area contributed by atoms with Crippen LogP contribution >= 0.6 is 11.3 Å². The van der Waals surface area contributed by atoms with E-state index in [0.29, 0.717) is 11.4 Å². The Balaban J connectivity index is 1.76. The fourth-order valence-electron chi connectivity index (χ4n) is 1.55. The van der Waals surface area contributed by atoms with Crippen molar-refractivity contribution in [1.82, 2.24) is 15.5 Å². The predicted octanol–water partition coefficient (Wildman–Crippen LogP) is 1.28. The molecule has 0 aliphatic heterocycles. The number of nitrogens with zero attached hydrogens (tertiary/aromatic N) is 2. The van der Waals surface area contributed by atoms with Gasteiger partial charge in [0.05, 0.1) is 0 Å². The summed E-state index contributed by atoms with van der Waals surface area (Å²) in [7, 11) is 0. The van der Waals surface area contributed by atoms with E-state index in [1.165, 1.54) is 23.5 Å². The van der Waals surface area contributed by atoms with Crippen LogP contribution in [0.25, 0.3) is 0 Å². The van der Waals surface area contributed by atoms with E-state index in [-0.39, 0.29) is 17.5 Å². The number of aromatic nitrogens is 2. The van der Waals surface area contributed by atoms with Crippen molar-refractivity contribution in [3.05, 3.63) is 40.7 Å². The Kier molecular flexibility index (Phi) is 4.94. The molecular weight excluding hydrogens is 295 g/mol. The van der Waals surface area contributed by atoms with Crippen molar-refractivity contribution in [3.63, 3.8) is 0 Å². The molecule has 1 aromatic heterocycles. The fourth-order valence-corrected chi connectivity index (χ4v) is 2.14. The quantitative estimate of drug-likeness (QED) is 0.834. The van der Waals surface area contributed by atoms with Crippen molar-refractivity contribution in [3.8, 4) is 0 Å². The number of hydrogen-bond donors (Lipinski definition) is 2. The maximum atomic E-state index is 12.7. The molecule has 0 fully saturated rings. The zero-order chi connectivity index (χ0) is 15.2. The van der Waals surface area contributed by atoms with E-state index in [1.807, 2.05) is 0 Å². The van der Waals surface area contributed by atoms with Gasteiger partial charge < -0.3 is 5.32 Å². The highest BCUT2D eigenvalue weighted by Crippen LogP contribution is 2.13. The second kappa shape index (κ2) is 6.89. The lowest BCUT2D eigenvalue weighted by molar-refractivity contribution is -0.136. The Morgan fingerprint density at radius 2 is 1.90 bits per heavy atom. The number of hydrogen-bond acceptors (Lipinski definition) is 5. The molecule has 0 spiro atoms. The van der Waals surface area contributed by atoms with Gasteiger partial charge in [-0.15, -0.1) is 10.2 Å². The second-order valence-corrected chi connectivity index (χ2v) is 5.39. The number of carbonyl (C=O) groups is 2. The van der Waals surface area contributed by atoms with Gasteiger partial charge in [-0.3, -0.25) is 14.9 Å². The highest BCUT2D eigenvalue weighted by atomic mass is 32.1. The summed E-state index contributed by atoms with van der Waals surface area (Å²) in [6, 6.07) is 5.96. The van der Waals surface area contributed by atoms with Crippen molar-refractivity contribution in [2.75, 3.05) is 11.9 Å². The third-order valence-corrected chi connectivity index (χ3v) is 3.32. The van der Waals surface area contributed by atoms with Crippen LogP contribution in [0.15, 0.2) is 24.3 Å². The lowest BCUT2D eigenvalue weighted by Crippen LogP contribution is -2.36. The molecule has 0 aliphatic carbocycles. The Morgan fingerprint density at radius 1 is 1.19 bits per heavy atom. The highest BCUT2D eigenvalue weighted by Gasteiger charge is 2.14. The topological polar surface area (TPSA) is 84.0 Å². The largest absolute Gasteiger partial charge is 0.347 e. The Morgan fingerprint density at radius 3 is 2.52 bits per heavy atom. The van der Waals surface area contributed by atoms with Crippen LogP contribution in [0.2, 0.25) is 0 Å². The molecule has 0 saturated carbocycles. The molecule has 2 N–H and O–H groups in total. The lowest BCUT2D eigenvalue weighted by Gasteiger charge is -2.04. The average molecular weight is 308 g/mol. The molecule has 0 aliphatic rings. The van der Waals surface area contributed by atoms with Gasteiger partial charge in [-0.2, -0.15) is 0 Å². The summed E-state index contributed by atoms with van der Waals surface area (Å²) in [6.07, 6.45) is 0.511. The third kappa shape index (κ3) is 4.60. The predicted molar refractivity (Wildman–Crippen MR) is 76.4 cm³/mol. The molecule has 0 saturated heterocycles. The summed E-state index contributed by atoms with van der Waals surface area (Å²) in [6.45, 7) is 2.03. The van der Waals surface area contributed by atoms with Crippen molar-refractivity contribution in [2.24, 2.45) is 0 Å². The molecule has 2 rings (SSSR count). The van der Waals surface area contributed by atoms with Crippen LogP contribution in [0.1, 0.15) is 10.6 Å². The Labute approximate surface area is 124 Å². The fraction of sp³-hybridized carbons (Fsp3) is 0.231. The first-order chi connectivity index (χ1) is 10.0. The van der Waals surface area contributed by atoms with Crippen LogP contribution in [0.4, 0.5) is 9.52 Å². The summed E-state index contributed by atoms with van der Waals surface area (Å²) in [5.74, 6) is -1.84. The highest BCUT2D eigenvalue weighted by molar-refractivity contribution is 7.15. The number of nitrogens with one attached hydrogen (secondary N) is 2. The monoisotopic (exact) mass is 308 g/mol. The molecule has 0 bridgehead atoms. The van der Waals surface area contributed by atoms with E-state index in [1.54, 1.807) is 19.1 Å². The summed E-state index contributed by atoms with van der Waals surface area (Å²) in [5, 5.41) is 13.3. The number of benzene rings is 1. The van der Waals surface area contributed by atoms with Gasteiger partial charge in [0.1, 0.15) is 10.8 Å². The van der Waals surface area contributed by atoms with E-state index in [9.17, 15) is 14.0 Å². The van der Waals surface area contributed by atoms with Crippen LogP contribution in [-0.4, -0.2) is 28.6 Å². The van der Waals surface area contributed by atoms with Gasteiger partial charge in [0.2, 0.25) is 5.13 Å². The summed E-state index contributed by atoms with van der Waals surface area (Å²) in [5.41, 5.74) is 0.872. The first kappa shape index (κ1) is 15.0. The smallest absolute Gasteiger partial charge is 0.315 e. The van der Waals surface area contributed by atoms with E-state index in [0.717, 1.165) is 5.56 Å². The number of amides is 2. The minimum absolute atomic E-state index is 0.284. The van der Waals surface area contributed by atoms with Crippen LogP contribution in [0, 0.1) is 12.7 Å². The first-order valence-electron chi connectivity index (χ1n) is 6.18. The molecule has 0 radical (unpaired) electrons. The van der Waals surface area contributed by atoms with Gasteiger partial charge in [-0.05, 0) is 31.0 Å². The molecule has 2 aromatic rings. The SMILES string of the molecule is Cc1nnc(NC(=O)C(=O)NCCc2ccc(F)cc2)s1. The molecule has 8 heteroatoms. The molecule has 0 unspecified atom stereocenters. The van der Waals surface area contributed by atoms with E-state index in [2.05, 4.69) is 20.8 Å². The average Bonchev–Trinajstić information content (AvgIpc) is 2.86. The molecule has 110 valence electrons. The van der Waals surface area contributed by atoms with Gasteiger partial charge in [0.25, 0.3) is 0 Å². The molecular formula is C13H13FN4O2S. The first-order valence-corrected chi connectivity index (χ1v) is 7.00. The zero-order valence-corrected chi connectivity index (χ0v) is 12.0. The number of anilines is 1. The van der Waals surface area contributed by atoms with Crippen LogP contribution in [0.5, 0.6) is 0 Å². The summed E-state index contributed by atoms with van der Waals surface area (Å²) in [4.78, 5) is 23.1. The zero-order valence-electron chi connectivity index (χ0n) is 11.2. The normalized spacial score (nSPS) is 10.2. The maximum absolute atomic E-state index is 12.7. The number of halogens is 1. The second-order valence-electron chi connectivity index (χ2n) is 4.21. The van der Waals surface area contributed by atoms with E-state index >= 15 is 0 Å². The number of aryl methyl sites for hydroxylation is 1. The molecule has 21 heavy (non-hydrogen) atoms. The standard InChI is InChI=1S/C13H13FN4O2S/c1-8-17-18-13(21-8)16-12(20)11(19)15-7-6-9-2-4-10(14)5-3-9/h2-5H,6-7H2,1H3,(H,15,19)(H,16,18,20). The van der Waals surface area contributed by atoms with Crippen molar-refractivity contribution < 1.29 is 14.0 Å². The maximum Gasteiger partial charge on any atom is 0.315 e. The van der Waals surface area contributed by atoms with Crippen molar-refractivity contribution in [2.45, 2.75) is 13.3 Å². The van der Waals surface area contributed by atoms with Crippen molar-refractivity contribution in [1.29, 1.82) is 0 Å². The van der Waals surface area contributed by atoms with Gasteiger partial charge in [0.15, 0.2) is 0 Å². The van der Waals surface area contributed by atoms with Gasteiger partial charge >= 0.3 is 11.8 Å². The molecule has 1 heterocycles. The minimum Gasteiger partial charge on any atom is -0.347 e. The summed E-state index contributed by atoms with van der Waals surface area (Å²) >= 11 is 1.19. The van der Waals surface area contributed by atoms with Gasteiger partial charge in [-0.25, -0.2) is 4.39 Å². The molecule has 2 amide bonds. The van der Waals surface area contributed by atoms with E-state index in [4.69, 9.17) is 0 Å². The van der Waals surface area contributed by atoms with Gasteiger partial charge in [-0.1, -0.05) is 23.5 Å². The number of rotatable bonds is 4. The third-order valence-electron chi connectivity index (χ3n) is 2.57.